The minimum Gasteiger partial charge on any atom is -0.354 e. The van der Waals surface area contributed by atoms with E-state index in [1.807, 2.05) is 7.05 Å². The lowest BCUT2D eigenvalue weighted by Crippen LogP contribution is -2.42. The van der Waals surface area contributed by atoms with E-state index in [4.69, 9.17) is 0 Å². The molecule has 0 saturated carbocycles. The molecule has 2 fully saturated rings. The maximum absolute atomic E-state index is 12.9. The molecule has 4 nitrogen and oxygen atoms in total. The van der Waals surface area contributed by atoms with Gasteiger partial charge in [-0.25, -0.2) is 8.78 Å². The first-order valence-electron chi connectivity index (χ1n) is 6.04. The second kappa shape index (κ2) is 4.86. The van der Waals surface area contributed by atoms with Gasteiger partial charge in [0.1, 0.15) is 0 Å². The second-order valence-corrected chi connectivity index (χ2v) is 5.16. The fourth-order valence-corrected chi connectivity index (χ4v) is 2.46. The van der Waals surface area contributed by atoms with Crippen LogP contribution in [0.5, 0.6) is 0 Å². The topological polar surface area (TPSA) is 44.4 Å². The van der Waals surface area contributed by atoms with Crippen LogP contribution in [-0.2, 0) is 4.79 Å². The molecule has 1 amide bonds. The van der Waals surface area contributed by atoms with E-state index in [1.165, 1.54) is 0 Å². The van der Waals surface area contributed by atoms with Crippen molar-refractivity contribution in [3.8, 4) is 0 Å². The molecule has 2 heterocycles. The average Bonchev–Trinajstić information content (AvgIpc) is 2.81. The molecule has 0 aromatic carbocycles. The van der Waals surface area contributed by atoms with Crippen LogP contribution in [0.2, 0.25) is 0 Å². The molecule has 2 atom stereocenters. The van der Waals surface area contributed by atoms with Gasteiger partial charge in [0.05, 0.1) is 12.6 Å². The number of halogens is 2. The maximum atomic E-state index is 12.9. The van der Waals surface area contributed by atoms with Crippen molar-refractivity contribution < 1.29 is 13.6 Å². The Bertz CT molecular complexity index is 298. The molecule has 0 aromatic heterocycles. The van der Waals surface area contributed by atoms with Crippen molar-refractivity contribution in [2.45, 2.75) is 24.8 Å². The summed E-state index contributed by atoms with van der Waals surface area (Å²) in [7, 11) is 2.04. The summed E-state index contributed by atoms with van der Waals surface area (Å²) < 4.78 is 25.8. The van der Waals surface area contributed by atoms with Crippen molar-refractivity contribution in [1.82, 2.24) is 15.5 Å². The molecule has 2 aliphatic heterocycles. The molecular formula is C11H19F2N3O. The molecule has 2 saturated heterocycles. The molecule has 2 aliphatic rings. The van der Waals surface area contributed by atoms with Crippen LogP contribution in [0.3, 0.4) is 0 Å². The smallest absolute Gasteiger partial charge is 0.262 e. The van der Waals surface area contributed by atoms with Crippen LogP contribution in [-0.4, -0.2) is 56.0 Å². The quantitative estimate of drug-likeness (QED) is 0.741. The number of rotatable bonds is 3. The molecule has 0 aliphatic carbocycles. The number of carbonyl (C=O) groups is 1. The van der Waals surface area contributed by atoms with Gasteiger partial charge in [-0.05, 0) is 25.9 Å². The van der Waals surface area contributed by atoms with Crippen LogP contribution in [0, 0.1) is 5.92 Å². The average molecular weight is 247 g/mol. The first-order valence-corrected chi connectivity index (χ1v) is 6.04. The van der Waals surface area contributed by atoms with E-state index in [1.54, 1.807) is 0 Å². The summed E-state index contributed by atoms with van der Waals surface area (Å²) in [5.74, 6) is -2.59. The largest absolute Gasteiger partial charge is 0.354 e. The molecular weight excluding hydrogens is 228 g/mol. The SMILES string of the molecule is CN1CCC(CNC(=O)C2CC(F)(F)CN2)C1. The lowest BCUT2D eigenvalue weighted by Gasteiger charge is -2.14. The van der Waals surface area contributed by atoms with Crippen molar-refractivity contribution in [1.29, 1.82) is 0 Å². The molecule has 98 valence electrons. The standard InChI is InChI=1S/C11H19F2N3O/c1-16-3-2-8(6-16)5-14-10(17)9-4-11(12,13)7-15-9/h8-9,15H,2-7H2,1H3,(H,14,17). The van der Waals surface area contributed by atoms with Crippen LogP contribution in [0.15, 0.2) is 0 Å². The second-order valence-electron chi connectivity index (χ2n) is 5.16. The summed E-state index contributed by atoms with van der Waals surface area (Å²) in [6, 6.07) is -0.732. The third kappa shape index (κ3) is 3.35. The van der Waals surface area contributed by atoms with Crippen LogP contribution in [0.25, 0.3) is 0 Å². The monoisotopic (exact) mass is 247 g/mol. The number of nitrogens with one attached hydrogen (secondary N) is 2. The molecule has 6 heteroatoms. The highest BCUT2D eigenvalue weighted by molar-refractivity contribution is 5.82. The highest BCUT2D eigenvalue weighted by Gasteiger charge is 2.42. The first kappa shape index (κ1) is 12.7. The fourth-order valence-electron chi connectivity index (χ4n) is 2.46. The van der Waals surface area contributed by atoms with E-state index in [2.05, 4.69) is 15.5 Å². The number of likely N-dealkylation sites (tertiary alicyclic amines) is 1. The zero-order chi connectivity index (χ0) is 12.5. The van der Waals surface area contributed by atoms with Crippen LogP contribution < -0.4 is 10.6 Å². The molecule has 0 radical (unpaired) electrons. The zero-order valence-corrected chi connectivity index (χ0v) is 10.0. The van der Waals surface area contributed by atoms with E-state index >= 15 is 0 Å². The Morgan fingerprint density at radius 1 is 1.59 bits per heavy atom. The van der Waals surface area contributed by atoms with E-state index in [-0.39, 0.29) is 12.3 Å². The summed E-state index contributed by atoms with van der Waals surface area (Å²) in [6.45, 7) is 2.21. The van der Waals surface area contributed by atoms with Crippen LogP contribution in [0.4, 0.5) is 8.78 Å². The number of alkyl halides is 2. The van der Waals surface area contributed by atoms with E-state index in [9.17, 15) is 13.6 Å². The first-order chi connectivity index (χ1) is 7.96. The Morgan fingerprint density at radius 2 is 2.35 bits per heavy atom. The van der Waals surface area contributed by atoms with Crippen molar-refractivity contribution in [2.24, 2.45) is 5.92 Å². The number of amides is 1. The number of carbonyl (C=O) groups excluding carboxylic acids is 1. The van der Waals surface area contributed by atoms with Gasteiger partial charge >= 0.3 is 0 Å². The third-order valence-corrected chi connectivity index (χ3v) is 3.48. The van der Waals surface area contributed by atoms with Gasteiger partial charge < -0.3 is 10.2 Å². The molecule has 2 rings (SSSR count). The normalized spacial score (nSPS) is 32.9. The Labute approximate surface area is 99.7 Å². The van der Waals surface area contributed by atoms with Gasteiger partial charge in [0.15, 0.2) is 0 Å². The summed E-state index contributed by atoms with van der Waals surface area (Å²) in [5.41, 5.74) is 0. The van der Waals surface area contributed by atoms with Gasteiger partial charge in [0.25, 0.3) is 5.92 Å². The van der Waals surface area contributed by atoms with Crippen LogP contribution >= 0.6 is 0 Å². The summed E-state index contributed by atoms with van der Waals surface area (Å²) >= 11 is 0. The van der Waals surface area contributed by atoms with Crippen molar-refractivity contribution >= 4 is 5.91 Å². The summed E-state index contributed by atoms with van der Waals surface area (Å²) in [5, 5.41) is 5.32. The Balaban J connectivity index is 1.71. The minimum absolute atomic E-state index is 0.295. The lowest BCUT2D eigenvalue weighted by atomic mass is 10.1. The fraction of sp³-hybridized carbons (Fsp3) is 0.909. The highest BCUT2D eigenvalue weighted by Crippen LogP contribution is 2.25. The zero-order valence-electron chi connectivity index (χ0n) is 10.0. The molecule has 17 heavy (non-hydrogen) atoms. The van der Waals surface area contributed by atoms with Crippen molar-refractivity contribution in [2.75, 3.05) is 33.2 Å². The Hall–Kier alpha value is -0.750. The number of hydrogen-bond donors (Lipinski definition) is 2. The molecule has 2 unspecified atom stereocenters. The van der Waals surface area contributed by atoms with Crippen molar-refractivity contribution in [3.05, 3.63) is 0 Å². The summed E-state index contributed by atoms with van der Waals surface area (Å²) in [6.07, 6.45) is 0.675. The summed E-state index contributed by atoms with van der Waals surface area (Å²) in [4.78, 5) is 13.9. The van der Waals surface area contributed by atoms with Crippen LogP contribution in [0.1, 0.15) is 12.8 Å². The van der Waals surface area contributed by atoms with Gasteiger partial charge in [0, 0.05) is 19.5 Å². The maximum Gasteiger partial charge on any atom is 0.262 e. The number of nitrogens with zero attached hydrogens (tertiary/aromatic N) is 1. The predicted molar refractivity (Wildman–Crippen MR) is 60.0 cm³/mol. The lowest BCUT2D eigenvalue weighted by molar-refractivity contribution is -0.123. The predicted octanol–water partition coefficient (Wildman–Crippen LogP) is 0.0515. The molecule has 0 aromatic rings. The molecule has 2 N–H and O–H groups in total. The van der Waals surface area contributed by atoms with Gasteiger partial charge in [-0.3, -0.25) is 10.1 Å². The van der Waals surface area contributed by atoms with Gasteiger partial charge in [0.2, 0.25) is 5.91 Å². The Morgan fingerprint density at radius 3 is 2.88 bits per heavy atom. The van der Waals surface area contributed by atoms with Gasteiger partial charge in [-0.15, -0.1) is 0 Å². The number of hydrogen-bond acceptors (Lipinski definition) is 3. The van der Waals surface area contributed by atoms with Gasteiger partial charge in [-0.2, -0.15) is 0 Å². The molecule has 0 spiro atoms. The molecule has 0 bridgehead atoms. The van der Waals surface area contributed by atoms with E-state index in [0.717, 1.165) is 19.5 Å². The highest BCUT2D eigenvalue weighted by atomic mass is 19.3. The van der Waals surface area contributed by atoms with E-state index < -0.39 is 18.5 Å². The van der Waals surface area contributed by atoms with E-state index in [0.29, 0.717) is 12.5 Å². The Kier molecular flexibility index (Phi) is 3.63. The third-order valence-electron chi connectivity index (χ3n) is 3.48. The van der Waals surface area contributed by atoms with Gasteiger partial charge in [-0.1, -0.05) is 0 Å². The van der Waals surface area contributed by atoms with Crippen molar-refractivity contribution in [3.63, 3.8) is 0 Å². The minimum atomic E-state index is -2.74.